The van der Waals surface area contributed by atoms with Crippen molar-refractivity contribution in [3.63, 3.8) is 0 Å². The van der Waals surface area contributed by atoms with Crippen LogP contribution in [0.4, 0.5) is 0 Å². The first-order valence-electron chi connectivity index (χ1n) is 4.76. The van der Waals surface area contributed by atoms with Crippen LogP contribution in [0.5, 0.6) is 0 Å². The van der Waals surface area contributed by atoms with Crippen LogP contribution >= 0.6 is 24.0 Å². The van der Waals surface area contributed by atoms with Gasteiger partial charge in [-0.25, -0.2) is 9.59 Å². The SMILES string of the molecule is C=C(C)C(=O)O.C=C(C)C(=O)O.CCSC(N)=S. The Bertz CT molecular complexity index is 279. The largest absolute Gasteiger partial charge is 0.478 e. The highest BCUT2D eigenvalue weighted by atomic mass is 32.2. The van der Waals surface area contributed by atoms with Crippen molar-refractivity contribution >= 4 is 40.2 Å². The normalized spacial score (nSPS) is 7.72. The molecule has 18 heavy (non-hydrogen) atoms. The molecular weight excluding hydrogens is 274 g/mol. The predicted octanol–water partition coefficient (Wildman–Crippen LogP) is 2.28. The first kappa shape index (κ1) is 21.9. The van der Waals surface area contributed by atoms with Crippen molar-refractivity contribution in [2.45, 2.75) is 20.8 Å². The molecule has 0 radical (unpaired) electrons. The van der Waals surface area contributed by atoms with Crippen LogP contribution in [0.2, 0.25) is 0 Å². The van der Waals surface area contributed by atoms with Gasteiger partial charge in [0.15, 0.2) is 0 Å². The third-order valence-electron chi connectivity index (χ3n) is 1.02. The minimum absolute atomic E-state index is 0.176. The molecule has 0 fully saturated rings. The molecule has 7 heteroatoms. The van der Waals surface area contributed by atoms with E-state index in [1.807, 2.05) is 6.92 Å². The van der Waals surface area contributed by atoms with E-state index in [-0.39, 0.29) is 11.1 Å². The van der Waals surface area contributed by atoms with Crippen LogP contribution in [0.3, 0.4) is 0 Å². The Labute approximate surface area is 117 Å². The first-order chi connectivity index (χ1) is 8.06. The van der Waals surface area contributed by atoms with Crippen molar-refractivity contribution in [2.75, 3.05) is 5.75 Å². The summed E-state index contributed by atoms with van der Waals surface area (Å²) in [6.45, 7) is 11.2. The van der Waals surface area contributed by atoms with Crippen molar-refractivity contribution < 1.29 is 19.8 Å². The molecule has 0 heterocycles. The molecule has 104 valence electrons. The lowest BCUT2D eigenvalue weighted by atomic mass is 10.4. The summed E-state index contributed by atoms with van der Waals surface area (Å²) < 4.78 is 0.539. The molecule has 0 atom stereocenters. The molecule has 0 aromatic rings. The van der Waals surface area contributed by atoms with Gasteiger partial charge >= 0.3 is 11.9 Å². The fraction of sp³-hybridized carbons (Fsp3) is 0.364. The molecule has 0 aliphatic rings. The highest BCUT2D eigenvalue weighted by Gasteiger charge is 1.90. The maximum absolute atomic E-state index is 9.60. The smallest absolute Gasteiger partial charge is 0.330 e. The maximum atomic E-state index is 9.60. The van der Waals surface area contributed by atoms with E-state index >= 15 is 0 Å². The molecule has 0 saturated carbocycles. The second-order valence-electron chi connectivity index (χ2n) is 2.92. The lowest BCUT2D eigenvalue weighted by Crippen LogP contribution is -2.00. The molecule has 4 N–H and O–H groups in total. The minimum atomic E-state index is -0.935. The fourth-order valence-corrected chi connectivity index (χ4v) is 0.780. The van der Waals surface area contributed by atoms with Gasteiger partial charge < -0.3 is 15.9 Å². The molecule has 0 rings (SSSR count). The van der Waals surface area contributed by atoms with Gasteiger partial charge in [-0.3, -0.25) is 0 Å². The Morgan fingerprint density at radius 1 is 1.17 bits per heavy atom. The van der Waals surface area contributed by atoms with E-state index in [0.717, 1.165) is 5.75 Å². The second kappa shape index (κ2) is 13.7. The van der Waals surface area contributed by atoms with Gasteiger partial charge in [-0.15, -0.1) is 0 Å². The summed E-state index contributed by atoms with van der Waals surface area (Å²) >= 11 is 6.03. The van der Waals surface area contributed by atoms with Gasteiger partial charge in [0.2, 0.25) is 0 Å². The number of hydrogen-bond acceptors (Lipinski definition) is 4. The Kier molecular flexibility index (Phi) is 16.7. The summed E-state index contributed by atoms with van der Waals surface area (Å²) in [7, 11) is 0. The summed E-state index contributed by atoms with van der Waals surface area (Å²) in [5, 5.41) is 15.8. The maximum Gasteiger partial charge on any atom is 0.330 e. The van der Waals surface area contributed by atoms with Crippen LogP contribution in [0.25, 0.3) is 0 Å². The molecule has 0 amide bonds. The van der Waals surface area contributed by atoms with Crippen LogP contribution in [-0.2, 0) is 9.59 Å². The van der Waals surface area contributed by atoms with Gasteiger partial charge in [0, 0.05) is 11.1 Å². The van der Waals surface area contributed by atoms with E-state index in [4.69, 9.17) is 15.9 Å². The van der Waals surface area contributed by atoms with E-state index in [9.17, 15) is 9.59 Å². The van der Waals surface area contributed by atoms with Gasteiger partial charge in [0.05, 0.1) is 0 Å². The number of hydrogen-bond donors (Lipinski definition) is 3. The minimum Gasteiger partial charge on any atom is -0.478 e. The van der Waals surface area contributed by atoms with Gasteiger partial charge in [-0.05, 0) is 19.6 Å². The molecular formula is C11H19NO4S2. The second-order valence-corrected chi connectivity index (χ2v) is 4.93. The number of aliphatic carboxylic acids is 2. The van der Waals surface area contributed by atoms with Crippen LogP contribution in [0.1, 0.15) is 20.8 Å². The standard InChI is InChI=1S/2C4H6O2.C3H7NS2/c2*1-3(2)4(5)6;1-2-6-3(4)5/h2*1H2,2H3,(H,5,6);2H2,1H3,(H2,4,5). The predicted molar refractivity (Wildman–Crippen MR) is 79.8 cm³/mol. The Hall–Kier alpha value is -1.34. The summed E-state index contributed by atoms with van der Waals surface area (Å²) in [5.41, 5.74) is 5.45. The van der Waals surface area contributed by atoms with Crippen LogP contribution < -0.4 is 5.73 Å². The average Bonchev–Trinajstić information content (AvgIpc) is 2.18. The molecule has 0 aromatic heterocycles. The van der Waals surface area contributed by atoms with Crippen molar-refractivity contribution in [1.29, 1.82) is 0 Å². The van der Waals surface area contributed by atoms with Gasteiger partial charge in [0.25, 0.3) is 0 Å². The molecule has 0 saturated heterocycles. The summed E-state index contributed by atoms with van der Waals surface area (Å²) in [5.74, 6) is -0.889. The van der Waals surface area contributed by atoms with Gasteiger partial charge in [0.1, 0.15) is 4.32 Å². The molecule has 0 aliphatic heterocycles. The van der Waals surface area contributed by atoms with Gasteiger partial charge in [-0.1, -0.05) is 44.1 Å². The van der Waals surface area contributed by atoms with E-state index in [1.165, 1.54) is 25.6 Å². The first-order valence-corrected chi connectivity index (χ1v) is 6.15. The highest BCUT2D eigenvalue weighted by molar-refractivity contribution is 8.22. The zero-order chi connectivity index (χ0) is 15.3. The lowest BCUT2D eigenvalue weighted by Gasteiger charge is -1.85. The Morgan fingerprint density at radius 3 is 1.39 bits per heavy atom. The molecule has 5 nitrogen and oxygen atoms in total. The number of nitrogens with two attached hydrogens (primary N) is 1. The quantitative estimate of drug-likeness (QED) is 0.542. The molecule has 0 spiro atoms. The Morgan fingerprint density at radius 2 is 1.39 bits per heavy atom. The van der Waals surface area contributed by atoms with Crippen molar-refractivity contribution in [2.24, 2.45) is 5.73 Å². The fourth-order valence-electron chi connectivity index (χ4n) is 0.142. The Balaban J connectivity index is -0.000000187. The van der Waals surface area contributed by atoms with Crippen LogP contribution in [0, 0.1) is 0 Å². The zero-order valence-electron chi connectivity index (χ0n) is 10.7. The number of rotatable bonds is 3. The number of carboxylic acids is 2. The number of carboxylic acid groups (broad SMARTS) is 2. The van der Waals surface area contributed by atoms with Crippen molar-refractivity contribution in [3.8, 4) is 0 Å². The third-order valence-corrected chi connectivity index (χ3v) is 1.94. The van der Waals surface area contributed by atoms with Gasteiger partial charge in [-0.2, -0.15) is 0 Å². The van der Waals surface area contributed by atoms with E-state index in [2.05, 4.69) is 25.4 Å². The average molecular weight is 293 g/mol. The van der Waals surface area contributed by atoms with Crippen molar-refractivity contribution in [3.05, 3.63) is 24.3 Å². The molecule has 0 bridgehead atoms. The monoisotopic (exact) mass is 293 g/mol. The number of thioether (sulfide) groups is 1. The highest BCUT2D eigenvalue weighted by Crippen LogP contribution is 1.95. The van der Waals surface area contributed by atoms with E-state index in [0.29, 0.717) is 4.32 Å². The third kappa shape index (κ3) is 29.3. The van der Waals surface area contributed by atoms with E-state index in [1.54, 1.807) is 0 Å². The van der Waals surface area contributed by atoms with Crippen molar-refractivity contribution in [1.82, 2.24) is 0 Å². The molecule has 0 unspecified atom stereocenters. The molecule has 0 aromatic carbocycles. The van der Waals surface area contributed by atoms with E-state index < -0.39 is 11.9 Å². The molecule has 0 aliphatic carbocycles. The number of thiocarbonyl (C=S) groups is 1. The topological polar surface area (TPSA) is 101 Å². The lowest BCUT2D eigenvalue weighted by molar-refractivity contribution is -0.133. The van der Waals surface area contributed by atoms with Crippen LogP contribution in [0.15, 0.2) is 24.3 Å². The van der Waals surface area contributed by atoms with Crippen LogP contribution in [-0.4, -0.2) is 32.2 Å². The number of carbonyl (C=O) groups is 2. The summed E-state index contributed by atoms with van der Waals surface area (Å²) in [6.07, 6.45) is 0. The summed E-state index contributed by atoms with van der Waals surface area (Å²) in [4.78, 5) is 19.2. The zero-order valence-corrected chi connectivity index (χ0v) is 12.4. The summed E-state index contributed by atoms with van der Waals surface area (Å²) in [6, 6.07) is 0.